The molecule has 0 saturated heterocycles. The third kappa shape index (κ3) is 4.02. The minimum absolute atomic E-state index is 0.481. The van der Waals surface area contributed by atoms with E-state index in [1.165, 1.54) is 0 Å². The first kappa shape index (κ1) is 15.9. The Hall–Kier alpha value is -2.47. The average molecular weight is 295 g/mol. The molecule has 1 atom stereocenters. The molecule has 2 rings (SSSR count). The van der Waals surface area contributed by atoms with Crippen molar-refractivity contribution in [2.24, 2.45) is 0 Å². The SMILES string of the molecule is CCOc1cccc(OCCC(C)(C#N)c2ccccc2)c1. The maximum atomic E-state index is 9.52. The van der Waals surface area contributed by atoms with E-state index in [-0.39, 0.29) is 0 Å². The van der Waals surface area contributed by atoms with Gasteiger partial charge in [-0.2, -0.15) is 5.26 Å². The van der Waals surface area contributed by atoms with Gasteiger partial charge in [-0.05, 0) is 31.5 Å². The van der Waals surface area contributed by atoms with Gasteiger partial charge in [-0.1, -0.05) is 36.4 Å². The second kappa shape index (κ2) is 7.51. The van der Waals surface area contributed by atoms with Crippen LogP contribution >= 0.6 is 0 Å². The average Bonchev–Trinajstić information content (AvgIpc) is 2.56. The summed E-state index contributed by atoms with van der Waals surface area (Å²) in [6, 6.07) is 19.8. The number of ether oxygens (including phenoxy) is 2. The third-order valence-electron chi connectivity index (χ3n) is 3.64. The van der Waals surface area contributed by atoms with E-state index in [1.54, 1.807) is 0 Å². The Morgan fingerprint density at radius 1 is 1.00 bits per heavy atom. The van der Waals surface area contributed by atoms with Crippen LogP contribution in [0.15, 0.2) is 54.6 Å². The van der Waals surface area contributed by atoms with Gasteiger partial charge in [-0.3, -0.25) is 0 Å². The minimum atomic E-state index is -0.543. The lowest BCUT2D eigenvalue weighted by Crippen LogP contribution is -2.22. The molecule has 0 aliphatic heterocycles. The lowest BCUT2D eigenvalue weighted by molar-refractivity contribution is 0.281. The van der Waals surface area contributed by atoms with Gasteiger partial charge in [0, 0.05) is 12.5 Å². The fourth-order valence-corrected chi connectivity index (χ4v) is 2.26. The van der Waals surface area contributed by atoms with Gasteiger partial charge >= 0.3 is 0 Å². The quantitative estimate of drug-likeness (QED) is 0.763. The van der Waals surface area contributed by atoms with Crippen molar-refractivity contribution in [3.8, 4) is 17.6 Å². The van der Waals surface area contributed by atoms with Gasteiger partial charge in [0.2, 0.25) is 0 Å². The van der Waals surface area contributed by atoms with Crippen LogP contribution in [0.4, 0.5) is 0 Å². The standard InChI is InChI=1S/C19H21NO2/c1-3-21-17-10-7-11-18(14-17)22-13-12-19(2,15-20)16-8-5-4-6-9-16/h4-11,14H,3,12-13H2,1-2H3. The zero-order valence-corrected chi connectivity index (χ0v) is 13.1. The lowest BCUT2D eigenvalue weighted by atomic mass is 9.81. The smallest absolute Gasteiger partial charge is 0.122 e. The highest BCUT2D eigenvalue weighted by Gasteiger charge is 2.26. The topological polar surface area (TPSA) is 42.2 Å². The van der Waals surface area contributed by atoms with E-state index in [2.05, 4.69) is 6.07 Å². The number of nitrogens with zero attached hydrogens (tertiary/aromatic N) is 1. The van der Waals surface area contributed by atoms with Crippen molar-refractivity contribution in [1.82, 2.24) is 0 Å². The molecule has 2 aromatic carbocycles. The lowest BCUT2D eigenvalue weighted by Gasteiger charge is -2.22. The zero-order chi connectivity index (χ0) is 15.8. The van der Waals surface area contributed by atoms with Gasteiger partial charge in [0.15, 0.2) is 0 Å². The van der Waals surface area contributed by atoms with Crippen molar-refractivity contribution in [3.63, 3.8) is 0 Å². The Morgan fingerprint density at radius 2 is 1.68 bits per heavy atom. The van der Waals surface area contributed by atoms with Gasteiger partial charge in [0.1, 0.15) is 11.5 Å². The van der Waals surface area contributed by atoms with Gasteiger partial charge < -0.3 is 9.47 Å². The molecule has 3 heteroatoms. The maximum absolute atomic E-state index is 9.52. The van der Waals surface area contributed by atoms with Crippen molar-refractivity contribution in [1.29, 1.82) is 5.26 Å². The predicted octanol–water partition coefficient (Wildman–Crippen LogP) is 4.34. The van der Waals surface area contributed by atoms with E-state index >= 15 is 0 Å². The molecule has 0 amide bonds. The second-order valence-electron chi connectivity index (χ2n) is 5.32. The van der Waals surface area contributed by atoms with E-state index in [0.717, 1.165) is 17.1 Å². The largest absolute Gasteiger partial charge is 0.494 e. The summed E-state index contributed by atoms with van der Waals surface area (Å²) in [5.41, 5.74) is 0.475. The summed E-state index contributed by atoms with van der Waals surface area (Å²) in [6.07, 6.45) is 0.631. The molecule has 0 aromatic heterocycles. The molecule has 0 fully saturated rings. The fraction of sp³-hybridized carbons (Fsp3) is 0.316. The highest BCUT2D eigenvalue weighted by atomic mass is 16.5. The summed E-state index contributed by atoms with van der Waals surface area (Å²) in [5.74, 6) is 1.56. The highest BCUT2D eigenvalue weighted by molar-refractivity contribution is 5.33. The molecular formula is C19H21NO2. The molecule has 22 heavy (non-hydrogen) atoms. The number of nitriles is 1. The van der Waals surface area contributed by atoms with Gasteiger partial charge in [0.25, 0.3) is 0 Å². The first-order valence-electron chi connectivity index (χ1n) is 7.50. The maximum Gasteiger partial charge on any atom is 0.122 e. The molecule has 0 bridgehead atoms. The van der Waals surface area contributed by atoms with E-state index < -0.39 is 5.41 Å². The van der Waals surface area contributed by atoms with E-state index in [9.17, 15) is 5.26 Å². The molecule has 0 spiro atoms. The van der Waals surface area contributed by atoms with Crippen molar-refractivity contribution in [2.45, 2.75) is 25.7 Å². The normalized spacial score (nSPS) is 13.0. The molecule has 0 radical (unpaired) electrons. The van der Waals surface area contributed by atoms with Crippen LogP contribution in [0.25, 0.3) is 0 Å². The van der Waals surface area contributed by atoms with Crippen molar-refractivity contribution in [2.75, 3.05) is 13.2 Å². The summed E-state index contributed by atoms with van der Waals surface area (Å²) in [5, 5.41) is 9.52. The summed E-state index contributed by atoms with van der Waals surface area (Å²) >= 11 is 0. The Bertz CT molecular complexity index is 633. The Labute approximate surface area is 132 Å². The Kier molecular flexibility index (Phi) is 5.43. The van der Waals surface area contributed by atoms with E-state index in [1.807, 2.05) is 68.4 Å². The summed E-state index contributed by atoms with van der Waals surface area (Å²) in [4.78, 5) is 0. The molecule has 0 saturated carbocycles. The predicted molar refractivity (Wildman–Crippen MR) is 87.1 cm³/mol. The van der Waals surface area contributed by atoms with Gasteiger partial charge in [-0.15, -0.1) is 0 Å². The number of rotatable bonds is 7. The Morgan fingerprint density at radius 3 is 2.32 bits per heavy atom. The van der Waals surface area contributed by atoms with Crippen molar-refractivity contribution < 1.29 is 9.47 Å². The van der Waals surface area contributed by atoms with Crippen molar-refractivity contribution in [3.05, 3.63) is 60.2 Å². The van der Waals surface area contributed by atoms with Crippen LogP contribution in [0.1, 0.15) is 25.8 Å². The molecule has 0 aliphatic rings. The zero-order valence-electron chi connectivity index (χ0n) is 13.1. The van der Waals surface area contributed by atoms with Crippen LogP contribution in [0.2, 0.25) is 0 Å². The molecule has 3 nitrogen and oxygen atoms in total. The Balaban J connectivity index is 1.97. The molecule has 2 aromatic rings. The number of hydrogen-bond donors (Lipinski definition) is 0. The summed E-state index contributed by atoms with van der Waals surface area (Å²) < 4.78 is 11.2. The number of benzene rings is 2. The van der Waals surface area contributed by atoms with Crippen LogP contribution in [-0.2, 0) is 5.41 Å². The monoisotopic (exact) mass is 295 g/mol. The molecule has 0 N–H and O–H groups in total. The van der Waals surface area contributed by atoms with Crippen LogP contribution in [0, 0.1) is 11.3 Å². The highest BCUT2D eigenvalue weighted by Crippen LogP contribution is 2.27. The van der Waals surface area contributed by atoms with Crippen LogP contribution in [0.5, 0.6) is 11.5 Å². The molecule has 114 valence electrons. The van der Waals surface area contributed by atoms with Gasteiger partial charge in [-0.25, -0.2) is 0 Å². The second-order valence-corrected chi connectivity index (χ2v) is 5.32. The fourth-order valence-electron chi connectivity index (χ4n) is 2.26. The van der Waals surface area contributed by atoms with Crippen LogP contribution < -0.4 is 9.47 Å². The molecular weight excluding hydrogens is 274 g/mol. The first-order chi connectivity index (χ1) is 10.7. The first-order valence-corrected chi connectivity index (χ1v) is 7.50. The van der Waals surface area contributed by atoms with Crippen molar-refractivity contribution >= 4 is 0 Å². The molecule has 0 aliphatic carbocycles. The van der Waals surface area contributed by atoms with Crippen LogP contribution in [-0.4, -0.2) is 13.2 Å². The molecule has 1 unspecified atom stereocenters. The summed E-state index contributed by atoms with van der Waals surface area (Å²) in [6.45, 7) is 5.01. The summed E-state index contributed by atoms with van der Waals surface area (Å²) in [7, 11) is 0. The van der Waals surface area contributed by atoms with Gasteiger partial charge in [0.05, 0.1) is 24.7 Å². The minimum Gasteiger partial charge on any atom is -0.494 e. The third-order valence-corrected chi connectivity index (χ3v) is 3.64. The van der Waals surface area contributed by atoms with E-state index in [4.69, 9.17) is 9.47 Å². The number of hydrogen-bond acceptors (Lipinski definition) is 3. The van der Waals surface area contributed by atoms with Crippen LogP contribution in [0.3, 0.4) is 0 Å². The molecule has 0 heterocycles. The van der Waals surface area contributed by atoms with E-state index in [0.29, 0.717) is 19.6 Å².